The molecule has 33 heavy (non-hydrogen) atoms. The van der Waals surface area contributed by atoms with Crippen molar-refractivity contribution in [3.63, 3.8) is 0 Å². The quantitative estimate of drug-likeness (QED) is 0.296. The number of aryl methyl sites for hydroxylation is 1. The maximum absolute atomic E-state index is 13.6. The van der Waals surface area contributed by atoms with Gasteiger partial charge in [-0.3, -0.25) is 0 Å². The average molecular weight is 483 g/mol. The van der Waals surface area contributed by atoms with Gasteiger partial charge in [0.15, 0.2) is 0 Å². The molecule has 0 aliphatic rings. The number of rotatable bonds is 8. The lowest BCUT2D eigenvalue weighted by atomic mass is 10.1. The summed E-state index contributed by atoms with van der Waals surface area (Å²) in [6.45, 7) is 0.752. The van der Waals surface area contributed by atoms with Gasteiger partial charge < -0.3 is 14.5 Å². The molecule has 0 aliphatic heterocycles. The molecule has 0 fully saturated rings. The summed E-state index contributed by atoms with van der Waals surface area (Å²) in [6.07, 6.45) is 8.35. The number of hydrogen-bond acceptors (Lipinski definition) is 3. The van der Waals surface area contributed by atoms with Gasteiger partial charge in [0.25, 0.3) is 0 Å². The van der Waals surface area contributed by atoms with Crippen LogP contribution in [0.15, 0.2) is 55.1 Å². The molecule has 6 nitrogen and oxygen atoms in total. The maximum Gasteiger partial charge on any atom is 0.137 e. The van der Waals surface area contributed by atoms with Crippen LogP contribution >= 0.6 is 23.2 Å². The number of hydrogen-bond donors (Lipinski definition) is 2. The summed E-state index contributed by atoms with van der Waals surface area (Å²) in [5.41, 5.74) is 3.88. The van der Waals surface area contributed by atoms with Crippen molar-refractivity contribution < 1.29 is 4.39 Å². The summed E-state index contributed by atoms with van der Waals surface area (Å²) in [6, 6.07) is 10.3. The fraction of sp³-hybridized carbons (Fsp3) is 0.208. The normalized spacial score (nSPS) is 11.5. The van der Waals surface area contributed by atoms with E-state index in [1.54, 1.807) is 18.5 Å². The highest BCUT2D eigenvalue weighted by Gasteiger charge is 2.16. The maximum atomic E-state index is 13.6. The third-order valence-corrected chi connectivity index (χ3v) is 6.09. The van der Waals surface area contributed by atoms with E-state index >= 15 is 0 Å². The van der Waals surface area contributed by atoms with Crippen molar-refractivity contribution in [3.05, 3.63) is 99.5 Å². The molecule has 3 aromatic heterocycles. The third kappa shape index (κ3) is 4.94. The van der Waals surface area contributed by atoms with Crippen molar-refractivity contribution in [2.24, 2.45) is 0 Å². The standard InChI is InChI=1S/C24H21Cl2FN6/c25-17-6-15(7-18(26)10-17)8-23-31-32-24(33(23)5-1-2-20-13-28-14-30-20)9-16-12-29-22-11-19(27)3-4-21(16)22/h3-4,6-7,10-14,29H,1-2,5,8-9H2,(H,28,30). The predicted molar refractivity (Wildman–Crippen MR) is 127 cm³/mol. The predicted octanol–water partition coefficient (Wildman–Crippen LogP) is 5.74. The van der Waals surface area contributed by atoms with Crippen LogP contribution in [-0.2, 0) is 25.8 Å². The Balaban J connectivity index is 1.44. The lowest BCUT2D eigenvalue weighted by Crippen LogP contribution is -2.10. The molecule has 3 heterocycles. The second kappa shape index (κ2) is 9.37. The van der Waals surface area contributed by atoms with Gasteiger partial charge in [-0.05, 0) is 60.4 Å². The Bertz CT molecular complexity index is 1370. The summed E-state index contributed by atoms with van der Waals surface area (Å²) < 4.78 is 15.7. The molecule has 5 aromatic rings. The molecule has 2 aromatic carbocycles. The first-order valence-electron chi connectivity index (χ1n) is 10.6. The highest BCUT2D eigenvalue weighted by molar-refractivity contribution is 6.34. The van der Waals surface area contributed by atoms with Crippen LogP contribution in [-0.4, -0.2) is 29.7 Å². The number of imidazole rings is 1. The number of fused-ring (bicyclic) bond motifs is 1. The summed E-state index contributed by atoms with van der Waals surface area (Å²) in [5.74, 6) is 1.44. The van der Waals surface area contributed by atoms with Crippen LogP contribution in [0, 0.1) is 5.82 Å². The summed E-state index contributed by atoms with van der Waals surface area (Å²) in [4.78, 5) is 10.4. The minimum atomic E-state index is -0.264. The molecule has 0 amide bonds. The van der Waals surface area contributed by atoms with Crippen molar-refractivity contribution in [3.8, 4) is 0 Å². The Morgan fingerprint density at radius 2 is 1.73 bits per heavy atom. The lowest BCUT2D eigenvalue weighted by molar-refractivity contribution is 0.593. The first-order chi connectivity index (χ1) is 16.0. The number of aromatic nitrogens is 6. The molecule has 0 atom stereocenters. The number of nitrogens with zero attached hydrogens (tertiary/aromatic N) is 4. The number of nitrogens with one attached hydrogen (secondary N) is 2. The van der Waals surface area contributed by atoms with E-state index < -0.39 is 0 Å². The van der Waals surface area contributed by atoms with E-state index in [0.29, 0.717) is 22.9 Å². The van der Waals surface area contributed by atoms with Crippen LogP contribution < -0.4 is 0 Å². The lowest BCUT2D eigenvalue weighted by Gasteiger charge is -2.11. The molecule has 0 bridgehead atoms. The molecule has 0 radical (unpaired) electrons. The zero-order valence-corrected chi connectivity index (χ0v) is 19.2. The van der Waals surface area contributed by atoms with Crippen molar-refractivity contribution >= 4 is 34.1 Å². The Labute approximate surface area is 199 Å². The van der Waals surface area contributed by atoms with E-state index in [9.17, 15) is 4.39 Å². The largest absolute Gasteiger partial charge is 0.361 e. The Hall–Kier alpha value is -3.16. The van der Waals surface area contributed by atoms with Gasteiger partial charge in [0.05, 0.1) is 6.33 Å². The molecule has 0 saturated heterocycles. The summed E-state index contributed by atoms with van der Waals surface area (Å²) in [5, 5.41) is 11.2. The second-order valence-corrected chi connectivity index (χ2v) is 8.87. The SMILES string of the molecule is Fc1ccc2c(Cc3nnc(Cc4cc(Cl)cc(Cl)c4)n3CCCc3cnc[nH]3)c[nH]c2c1. The van der Waals surface area contributed by atoms with E-state index in [1.807, 2.05) is 24.5 Å². The average Bonchev–Trinajstić information content (AvgIpc) is 3.50. The van der Waals surface area contributed by atoms with Gasteiger partial charge in [-0.2, -0.15) is 0 Å². The van der Waals surface area contributed by atoms with E-state index in [2.05, 4.69) is 29.7 Å². The molecule has 0 saturated carbocycles. The molecule has 5 rings (SSSR count). The monoisotopic (exact) mass is 482 g/mol. The smallest absolute Gasteiger partial charge is 0.137 e. The van der Waals surface area contributed by atoms with Crippen LogP contribution in [0.2, 0.25) is 10.0 Å². The van der Waals surface area contributed by atoms with E-state index in [-0.39, 0.29) is 5.82 Å². The zero-order valence-electron chi connectivity index (χ0n) is 17.7. The summed E-state index contributed by atoms with van der Waals surface area (Å²) in [7, 11) is 0. The van der Waals surface area contributed by atoms with Gasteiger partial charge in [-0.1, -0.05) is 23.2 Å². The molecule has 9 heteroatoms. The molecule has 2 N–H and O–H groups in total. The molecular weight excluding hydrogens is 462 g/mol. The van der Waals surface area contributed by atoms with Crippen molar-refractivity contribution in [2.45, 2.75) is 32.2 Å². The van der Waals surface area contributed by atoms with Crippen molar-refractivity contribution in [1.29, 1.82) is 0 Å². The highest BCUT2D eigenvalue weighted by Crippen LogP contribution is 2.24. The first-order valence-corrected chi connectivity index (χ1v) is 11.4. The van der Waals surface area contributed by atoms with Crippen LogP contribution in [0.3, 0.4) is 0 Å². The molecule has 168 valence electrons. The van der Waals surface area contributed by atoms with Gasteiger partial charge in [0.2, 0.25) is 0 Å². The van der Waals surface area contributed by atoms with Crippen LogP contribution in [0.5, 0.6) is 0 Å². The number of H-pyrrole nitrogens is 2. The van der Waals surface area contributed by atoms with Gasteiger partial charge in [-0.15, -0.1) is 10.2 Å². The fourth-order valence-corrected chi connectivity index (χ4v) is 4.68. The zero-order chi connectivity index (χ0) is 22.8. The number of aromatic amines is 2. The topological polar surface area (TPSA) is 75.2 Å². The summed E-state index contributed by atoms with van der Waals surface area (Å²) >= 11 is 12.4. The van der Waals surface area contributed by atoms with E-state index in [1.165, 1.54) is 12.1 Å². The molecule has 0 unspecified atom stereocenters. The van der Waals surface area contributed by atoms with Gasteiger partial charge >= 0.3 is 0 Å². The molecule has 0 spiro atoms. The van der Waals surface area contributed by atoms with Crippen LogP contribution in [0.4, 0.5) is 4.39 Å². The third-order valence-electron chi connectivity index (χ3n) is 5.65. The van der Waals surface area contributed by atoms with Crippen LogP contribution in [0.1, 0.15) is 34.9 Å². The van der Waals surface area contributed by atoms with Crippen molar-refractivity contribution in [1.82, 2.24) is 29.7 Å². The second-order valence-electron chi connectivity index (χ2n) is 8.00. The minimum absolute atomic E-state index is 0.264. The minimum Gasteiger partial charge on any atom is -0.361 e. The molecule has 0 aliphatic carbocycles. The highest BCUT2D eigenvalue weighted by atomic mass is 35.5. The van der Waals surface area contributed by atoms with Crippen molar-refractivity contribution in [2.75, 3.05) is 0 Å². The number of benzene rings is 2. The van der Waals surface area contributed by atoms with E-state index in [0.717, 1.165) is 58.8 Å². The van der Waals surface area contributed by atoms with Crippen LogP contribution in [0.25, 0.3) is 10.9 Å². The van der Waals surface area contributed by atoms with E-state index in [4.69, 9.17) is 23.2 Å². The molecular formula is C24H21Cl2FN6. The number of halogens is 3. The Morgan fingerprint density at radius 3 is 2.48 bits per heavy atom. The Morgan fingerprint density at radius 1 is 0.939 bits per heavy atom. The Kier molecular flexibility index (Phi) is 6.15. The van der Waals surface area contributed by atoms with Gasteiger partial charge in [-0.25, -0.2) is 9.37 Å². The van der Waals surface area contributed by atoms with Gasteiger partial charge in [0, 0.05) is 58.4 Å². The first kappa shape index (κ1) is 21.7. The fourth-order valence-electron chi connectivity index (χ4n) is 4.11. The van der Waals surface area contributed by atoms with Gasteiger partial charge in [0.1, 0.15) is 17.5 Å².